The molecule has 0 heterocycles. The van der Waals surface area contributed by atoms with Crippen LogP contribution in [-0.4, -0.2) is 39.8 Å². The quantitative estimate of drug-likeness (QED) is 0.423. The molecule has 1 rings (SSSR count). The molecule has 6 heteroatoms. The van der Waals surface area contributed by atoms with Gasteiger partial charge in [0.1, 0.15) is 11.2 Å². The molecule has 0 spiro atoms. The second-order valence-electron chi connectivity index (χ2n) is 7.92. The van der Waals surface area contributed by atoms with Crippen LogP contribution in [0.4, 0.5) is 0 Å². The van der Waals surface area contributed by atoms with Gasteiger partial charge in [0.25, 0.3) is 0 Å². The van der Waals surface area contributed by atoms with Crippen LogP contribution in [0.25, 0.3) is 0 Å². The summed E-state index contributed by atoms with van der Waals surface area (Å²) in [5.41, 5.74) is -0.685. The molecule has 0 amide bonds. The lowest BCUT2D eigenvalue weighted by Gasteiger charge is -2.35. The number of para-hydroxylation sites is 1. The molecule has 162 valence electrons. The van der Waals surface area contributed by atoms with Crippen molar-refractivity contribution in [1.82, 2.24) is 0 Å². The smallest absolute Gasteiger partial charge is 0.484 e. The maximum Gasteiger partial charge on any atom is 0.541 e. The van der Waals surface area contributed by atoms with Gasteiger partial charge in [-0.05, 0) is 67.4 Å². The second-order valence-corrected chi connectivity index (χ2v) is 10.4. The standard InChI is InChI=1S/C22H40O5Si/c1-10-21(6,7)26-18-16-15-17-19(20(18)27-22(8,9)11-2)28(23-12-3,24-13-4)25-14-5/h15-17H,10-14H2,1-9H3. The summed E-state index contributed by atoms with van der Waals surface area (Å²) in [5, 5.41) is 0.823. The van der Waals surface area contributed by atoms with Gasteiger partial charge in [-0.15, -0.1) is 0 Å². The average Bonchev–Trinajstić information content (AvgIpc) is 2.63. The van der Waals surface area contributed by atoms with Gasteiger partial charge in [0.2, 0.25) is 0 Å². The van der Waals surface area contributed by atoms with E-state index in [1.165, 1.54) is 0 Å². The van der Waals surface area contributed by atoms with Crippen molar-refractivity contribution in [3.8, 4) is 11.5 Å². The molecule has 5 nitrogen and oxygen atoms in total. The molecule has 0 aliphatic carbocycles. The molecule has 0 bridgehead atoms. The van der Waals surface area contributed by atoms with Crippen molar-refractivity contribution in [3.05, 3.63) is 18.2 Å². The third kappa shape index (κ3) is 6.48. The predicted octanol–water partition coefficient (Wildman–Crippen LogP) is 5.08. The fourth-order valence-electron chi connectivity index (χ4n) is 2.59. The lowest BCUT2D eigenvalue weighted by molar-refractivity contribution is 0.0675. The monoisotopic (exact) mass is 412 g/mol. The molecule has 0 saturated heterocycles. The molecule has 0 unspecified atom stereocenters. The minimum atomic E-state index is -3.15. The van der Waals surface area contributed by atoms with E-state index in [1.807, 2.05) is 39.0 Å². The second kappa shape index (κ2) is 10.6. The summed E-state index contributed by atoms with van der Waals surface area (Å²) >= 11 is 0. The molecule has 0 N–H and O–H groups in total. The maximum absolute atomic E-state index is 6.52. The summed E-state index contributed by atoms with van der Waals surface area (Å²) < 4.78 is 31.4. The van der Waals surface area contributed by atoms with E-state index in [9.17, 15) is 0 Å². The Bertz CT molecular complexity index is 584. The first-order valence-corrected chi connectivity index (χ1v) is 12.3. The summed E-state index contributed by atoms with van der Waals surface area (Å²) in [4.78, 5) is 0. The lowest BCUT2D eigenvalue weighted by Crippen LogP contribution is -2.57. The van der Waals surface area contributed by atoms with Gasteiger partial charge >= 0.3 is 8.80 Å². The van der Waals surface area contributed by atoms with Crippen LogP contribution in [0.1, 0.15) is 75.2 Å². The van der Waals surface area contributed by atoms with Crippen LogP contribution in [0.3, 0.4) is 0 Å². The van der Waals surface area contributed by atoms with E-state index >= 15 is 0 Å². The molecule has 0 aliphatic heterocycles. The zero-order valence-electron chi connectivity index (χ0n) is 19.3. The van der Waals surface area contributed by atoms with Crippen molar-refractivity contribution in [3.63, 3.8) is 0 Å². The minimum absolute atomic E-state index is 0.319. The third-order valence-corrected chi connectivity index (χ3v) is 7.84. The lowest BCUT2D eigenvalue weighted by atomic mass is 10.1. The van der Waals surface area contributed by atoms with Crippen molar-refractivity contribution >= 4 is 14.0 Å². The van der Waals surface area contributed by atoms with Gasteiger partial charge in [0.05, 0.1) is 5.19 Å². The van der Waals surface area contributed by atoms with Crippen LogP contribution in [-0.2, 0) is 13.3 Å². The van der Waals surface area contributed by atoms with E-state index in [1.54, 1.807) is 0 Å². The van der Waals surface area contributed by atoms with Gasteiger partial charge in [-0.1, -0.05) is 26.0 Å². The van der Waals surface area contributed by atoms with Gasteiger partial charge in [0.15, 0.2) is 11.5 Å². The highest BCUT2D eigenvalue weighted by Gasteiger charge is 2.47. The molecule has 0 aliphatic rings. The van der Waals surface area contributed by atoms with E-state index in [2.05, 4.69) is 41.5 Å². The van der Waals surface area contributed by atoms with Crippen molar-refractivity contribution in [1.29, 1.82) is 0 Å². The Hall–Kier alpha value is -1.08. The van der Waals surface area contributed by atoms with E-state index in [4.69, 9.17) is 22.8 Å². The van der Waals surface area contributed by atoms with E-state index in [-0.39, 0.29) is 11.2 Å². The van der Waals surface area contributed by atoms with Crippen molar-refractivity contribution < 1.29 is 22.8 Å². The molecule has 1 aromatic rings. The fraction of sp³-hybridized carbons (Fsp3) is 0.727. The summed E-state index contributed by atoms with van der Waals surface area (Å²) in [6.45, 7) is 19.9. The van der Waals surface area contributed by atoms with Crippen LogP contribution in [0, 0.1) is 0 Å². The van der Waals surface area contributed by atoms with Gasteiger partial charge in [-0.25, -0.2) is 0 Å². The zero-order valence-corrected chi connectivity index (χ0v) is 20.3. The summed E-state index contributed by atoms with van der Waals surface area (Å²) in [7, 11) is -3.15. The molecular formula is C22H40O5Si. The number of rotatable bonds is 13. The SMILES string of the molecule is CCO[Si](OCC)(OCC)c1cccc(OC(C)(C)CC)c1OC(C)(C)CC. The van der Waals surface area contributed by atoms with Crippen molar-refractivity contribution in [2.24, 2.45) is 0 Å². The highest BCUT2D eigenvalue weighted by atomic mass is 28.4. The van der Waals surface area contributed by atoms with E-state index in [0.717, 1.165) is 18.0 Å². The largest absolute Gasteiger partial charge is 0.541 e. The molecule has 28 heavy (non-hydrogen) atoms. The number of ether oxygens (including phenoxy) is 2. The first kappa shape index (κ1) is 25.0. The summed E-state index contributed by atoms with van der Waals surface area (Å²) in [5.74, 6) is 1.36. The Balaban J connectivity index is 3.65. The van der Waals surface area contributed by atoms with Crippen molar-refractivity contribution in [2.45, 2.75) is 86.4 Å². The molecule has 0 aromatic heterocycles. The van der Waals surface area contributed by atoms with Crippen LogP contribution in [0.2, 0.25) is 0 Å². The Morgan fingerprint density at radius 1 is 0.714 bits per heavy atom. The number of hydrogen-bond donors (Lipinski definition) is 0. The first-order chi connectivity index (χ1) is 13.1. The van der Waals surface area contributed by atoms with Crippen LogP contribution in [0.5, 0.6) is 11.5 Å². The Morgan fingerprint density at radius 2 is 1.18 bits per heavy atom. The molecule has 0 atom stereocenters. The topological polar surface area (TPSA) is 46.2 Å². The van der Waals surface area contributed by atoms with Crippen LogP contribution in [0.15, 0.2) is 18.2 Å². The third-order valence-electron chi connectivity index (χ3n) is 4.78. The first-order valence-electron chi connectivity index (χ1n) is 10.5. The van der Waals surface area contributed by atoms with Gasteiger partial charge < -0.3 is 22.8 Å². The van der Waals surface area contributed by atoms with Crippen LogP contribution >= 0.6 is 0 Å². The fourth-order valence-corrected chi connectivity index (χ4v) is 5.20. The number of hydrogen-bond acceptors (Lipinski definition) is 5. The summed E-state index contributed by atoms with van der Waals surface area (Å²) in [6.07, 6.45) is 1.73. The van der Waals surface area contributed by atoms with E-state index in [0.29, 0.717) is 31.3 Å². The normalized spacial score (nSPS) is 12.9. The van der Waals surface area contributed by atoms with Crippen molar-refractivity contribution in [2.75, 3.05) is 19.8 Å². The van der Waals surface area contributed by atoms with Gasteiger partial charge in [0, 0.05) is 19.8 Å². The Kier molecular flexibility index (Phi) is 9.47. The molecular weight excluding hydrogens is 372 g/mol. The minimum Gasteiger partial charge on any atom is -0.484 e. The summed E-state index contributed by atoms with van der Waals surface area (Å²) in [6, 6.07) is 5.89. The molecule has 1 aromatic carbocycles. The van der Waals surface area contributed by atoms with Gasteiger partial charge in [-0.2, -0.15) is 0 Å². The average molecular weight is 413 g/mol. The molecule has 0 radical (unpaired) electrons. The zero-order chi connectivity index (χ0) is 21.4. The van der Waals surface area contributed by atoms with Crippen LogP contribution < -0.4 is 14.7 Å². The molecule has 0 fully saturated rings. The Morgan fingerprint density at radius 3 is 1.61 bits per heavy atom. The highest BCUT2D eigenvalue weighted by molar-refractivity contribution is 6.76. The highest BCUT2D eigenvalue weighted by Crippen LogP contribution is 2.35. The molecule has 0 saturated carbocycles. The number of benzene rings is 1. The van der Waals surface area contributed by atoms with E-state index < -0.39 is 8.80 Å². The van der Waals surface area contributed by atoms with Gasteiger partial charge in [-0.3, -0.25) is 0 Å². The maximum atomic E-state index is 6.52. The predicted molar refractivity (Wildman–Crippen MR) is 117 cm³/mol. The Labute approximate surface area is 173 Å².